The van der Waals surface area contributed by atoms with Crippen molar-refractivity contribution in [1.29, 1.82) is 0 Å². The lowest BCUT2D eigenvalue weighted by molar-refractivity contribution is 0.319. The highest BCUT2D eigenvalue weighted by atomic mass is 35.5. The molecule has 0 saturated heterocycles. The van der Waals surface area contributed by atoms with Gasteiger partial charge in [0.05, 0.1) is 0 Å². The molecule has 0 bridgehead atoms. The summed E-state index contributed by atoms with van der Waals surface area (Å²) in [5.41, 5.74) is 8.84. The van der Waals surface area contributed by atoms with Gasteiger partial charge in [0.15, 0.2) is 0 Å². The molecule has 2 N–H and O–H groups in total. The molecule has 0 amide bonds. The number of benzene rings is 2. The lowest BCUT2D eigenvalue weighted by Gasteiger charge is -2.18. The van der Waals surface area contributed by atoms with Crippen molar-refractivity contribution in [2.75, 3.05) is 12.8 Å². The monoisotopic (exact) mass is 294 g/mol. The van der Waals surface area contributed by atoms with E-state index in [1.807, 2.05) is 43.4 Å². The summed E-state index contributed by atoms with van der Waals surface area (Å²) in [6, 6.07) is 13.4. The fourth-order valence-corrected chi connectivity index (χ4v) is 2.37. The van der Waals surface area contributed by atoms with Gasteiger partial charge in [-0.15, -0.1) is 0 Å². The van der Waals surface area contributed by atoms with Crippen LogP contribution in [0.25, 0.3) is 0 Å². The number of nitrogens with two attached hydrogens (primary N) is 1. The zero-order chi connectivity index (χ0) is 13.8. The fraction of sp³-hybridized carbons (Fsp3) is 0.200. The molecule has 19 heavy (non-hydrogen) atoms. The fourth-order valence-electron chi connectivity index (χ4n) is 1.98. The quantitative estimate of drug-likeness (QED) is 0.856. The number of anilines is 1. The number of nitrogens with zero attached hydrogens (tertiary/aromatic N) is 1. The molecule has 100 valence electrons. The van der Waals surface area contributed by atoms with Crippen LogP contribution >= 0.6 is 23.2 Å². The Labute approximate surface area is 123 Å². The van der Waals surface area contributed by atoms with Gasteiger partial charge < -0.3 is 5.73 Å². The third kappa shape index (κ3) is 3.87. The summed E-state index contributed by atoms with van der Waals surface area (Å²) in [4.78, 5) is 2.16. The Hall–Kier alpha value is -1.22. The average Bonchev–Trinajstić information content (AvgIpc) is 2.37. The van der Waals surface area contributed by atoms with Crippen molar-refractivity contribution in [3.63, 3.8) is 0 Å². The van der Waals surface area contributed by atoms with Crippen molar-refractivity contribution in [2.24, 2.45) is 0 Å². The van der Waals surface area contributed by atoms with E-state index in [0.717, 1.165) is 34.9 Å². The van der Waals surface area contributed by atoms with Crippen LogP contribution in [0.15, 0.2) is 42.5 Å². The standard InChI is InChI=1S/C15H16Cl2N2/c1-19(9-11-4-2-3-5-14(11)17)10-12-8-13(16)6-7-15(12)18/h2-8H,9-10,18H2,1H3. The summed E-state index contributed by atoms with van der Waals surface area (Å²) in [6.07, 6.45) is 0. The van der Waals surface area contributed by atoms with Crippen molar-refractivity contribution in [2.45, 2.75) is 13.1 Å². The summed E-state index contributed by atoms with van der Waals surface area (Å²) < 4.78 is 0. The van der Waals surface area contributed by atoms with E-state index in [1.165, 1.54) is 0 Å². The summed E-state index contributed by atoms with van der Waals surface area (Å²) in [6.45, 7) is 1.50. The lowest BCUT2D eigenvalue weighted by Crippen LogP contribution is -2.18. The second-order valence-corrected chi connectivity index (χ2v) is 5.45. The number of rotatable bonds is 4. The summed E-state index contributed by atoms with van der Waals surface area (Å²) in [5.74, 6) is 0. The van der Waals surface area contributed by atoms with Gasteiger partial charge in [-0.2, -0.15) is 0 Å². The number of hydrogen-bond acceptors (Lipinski definition) is 2. The SMILES string of the molecule is CN(Cc1cc(Cl)ccc1N)Cc1ccccc1Cl. The van der Waals surface area contributed by atoms with Gasteiger partial charge >= 0.3 is 0 Å². The van der Waals surface area contributed by atoms with Crippen LogP contribution in [0.4, 0.5) is 5.69 Å². The maximum absolute atomic E-state index is 6.16. The molecule has 2 aromatic carbocycles. The molecule has 4 heteroatoms. The van der Waals surface area contributed by atoms with Crippen molar-refractivity contribution in [3.05, 3.63) is 63.6 Å². The van der Waals surface area contributed by atoms with Crippen molar-refractivity contribution in [1.82, 2.24) is 4.90 Å². The Bertz CT molecular complexity index is 570. The van der Waals surface area contributed by atoms with E-state index in [0.29, 0.717) is 5.02 Å². The molecule has 0 heterocycles. The Morgan fingerprint density at radius 2 is 1.68 bits per heavy atom. The van der Waals surface area contributed by atoms with E-state index >= 15 is 0 Å². The second-order valence-electron chi connectivity index (χ2n) is 4.61. The summed E-state index contributed by atoms with van der Waals surface area (Å²) in [5, 5.41) is 1.49. The molecule has 0 saturated carbocycles. The van der Waals surface area contributed by atoms with Gasteiger partial charge in [0.1, 0.15) is 0 Å². The van der Waals surface area contributed by atoms with Crippen LogP contribution in [0.5, 0.6) is 0 Å². The predicted molar refractivity (Wildman–Crippen MR) is 82.5 cm³/mol. The average molecular weight is 295 g/mol. The highest BCUT2D eigenvalue weighted by Crippen LogP contribution is 2.21. The molecule has 2 aromatic rings. The largest absolute Gasteiger partial charge is 0.398 e. The molecule has 2 nitrogen and oxygen atoms in total. The van der Waals surface area contributed by atoms with Crippen LogP contribution < -0.4 is 5.73 Å². The normalized spacial score (nSPS) is 10.9. The zero-order valence-electron chi connectivity index (χ0n) is 10.7. The molecule has 0 aromatic heterocycles. The Morgan fingerprint density at radius 1 is 1.00 bits per heavy atom. The molecule has 0 fully saturated rings. The van der Waals surface area contributed by atoms with Crippen LogP contribution in [-0.2, 0) is 13.1 Å². The number of halogens is 2. The van der Waals surface area contributed by atoms with E-state index in [9.17, 15) is 0 Å². The van der Waals surface area contributed by atoms with Crippen molar-refractivity contribution in [3.8, 4) is 0 Å². The van der Waals surface area contributed by atoms with Crippen LogP contribution in [0.3, 0.4) is 0 Å². The van der Waals surface area contributed by atoms with Crippen molar-refractivity contribution >= 4 is 28.9 Å². The van der Waals surface area contributed by atoms with Gasteiger partial charge in [0.25, 0.3) is 0 Å². The highest BCUT2D eigenvalue weighted by molar-refractivity contribution is 6.31. The number of hydrogen-bond donors (Lipinski definition) is 1. The molecule has 0 aliphatic carbocycles. The Morgan fingerprint density at radius 3 is 2.42 bits per heavy atom. The van der Waals surface area contributed by atoms with Crippen LogP contribution in [0, 0.1) is 0 Å². The third-order valence-electron chi connectivity index (χ3n) is 2.94. The molecule has 2 rings (SSSR count). The van der Waals surface area contributed by atoms with E-state index in [1.54, 1.807) is 6.07 Å². The van der Waals surface area contributed by atoms with E-state index in [-0.39, 0.29) is 0 Å². The minimum absolute atomic E-state index is 0.704. The van der Waals surface area contributed by atoms with Gasteiger partial charge in [-0.1, -0.05) is 41.4 Å². The minimum Gasteiger partial charge on any atom is -0.398 e. The first-order valence-corrected chi connectivity index (χ1v) is 6.77. The molecule has 0 unspecified atom stereocenters. The molecule has 0 spiro atoms. The van der Waals surface area contributed by atoms with Gasteiger partial charge in [-0.05, 0) is 42.4 Å². The van der Waals surface area contributed by atoms with Crippen molar-refractivity contribution < 1.29 is 0 Å². The smallest absolute Gasteiger partial charge is 0.0451 e. The molecular formula is C15H16Cl2N2. The molecule has 0 radical (unpaired) electrons. The maximum atomic E-state index is 6.16. The maximum Gasteiger partial charge on any atom is 0.0451 e. The molecule has 0 aliphatic rings. The first kappa shape index (κ1) is 14.2. The Kier molecular flexibility index (Phi) is 4.70. The van der Waals surface area contributed by atoms with Crippen LogP contribution in [0.2, 0.25) is 10.0 Å². The summed E-state index contributed by atoms with van der Waals surface area (Å²) >= 11 is 12.1. The Balaban J connectivity index is 2.07. The topological polar surface area (TPSA) is 29.3 Å². The third-order valence-corrected chi connectivity index (χ3v) is 3.55. The van der Waals surface area contributed by atoms with Crippen LogP contribution in [0.1, 0.15) is 11.1 Å². The molecule has 0 atom stereocenters. The first-order chi connectivity index (χ1) is 9.06. The van der Waals surface area contributed by atoms with Crippen LogP contribution in [-0.4, -0.2) is 11.9 Å². The zero-order valence-corrected chi connectivity index (χ0v) is 12.2. The van der Waals surface area contributed by atoms with Gasteiger partial charge in [0, 0.05) is 28.8 Å². The second kappa shape index (κ2) is 6.29. The predicted octanol–water partition coefficient (Wildman–Crippen LogP) is 4.21. The van der Waals surface area contributed by atoms with E-state index in [2.05, 4.69) is 4.90 Å². The van der Waals surface area contributed by atoms with Gasteiger partial charge in [-0.25, -0.2) is 0 Å². The highest BCUT2D eigenvalue weighted by Gasteiger charge is 2.07. The first-order valence-electron chi connectivity index (χ1n) is 6.02. The number of nitrogen functional groups attached to an aromatic ring is 1. The lowest BCUT2D eigenvalue weighted by atomic mass is 10.1. The molecular weight excluding hydrogens is 279 g/mol. The summed E-state index contributed by atoms with van der Waals surface area (Å²) in [7, 11) is 2.03. The minimum atomic E-state index is 0.704. The van der Waals surface area contributed by atoms with Gasteiger partial charge in [0.2, 0.25) is 0 Å². The van der Waals surface area contributed by atoms with Gasteiger partial charge in [-0.3, -0.25) is 4.90 Å². The molecule has 0 aliphatic heterocycles. The van der Waals surface area contributed by atoms with E-state index < -0.39 is 0 Å². The van der Waals surface area contributed by atoms with E-state index in [4.69, 9.17) is 28.9 Å².